The molecule has 0 unspecified atom stereocenters. The van der Waals surface area contributed by atoms with Crippen molar-refractivity contribution in [2.45, 2.75) is 12.8 Å². The van der Waals surface area contributed by atoms with Crippen LogP contribution in [0.3, 0.4) is 0 Å². The summed E-state index contributed by atoms with van der Waals surface area (Å²) in [4.78, 5) is 33.7. The molecule has 1 aliphatic rings. The quantitative estimate of drug-likeness (QED) is 0.310. The van der Waals surface area contributed by atoms with E-state index >= 15 is 0 Å². The van der Waals surface area contributed by atoms with Crippen LogP contribution in [0.5, 0.6) is 0 Å². The Morgan fingerprint density at radius 1 is 0.842 bits per heavy atom. The Morgan fingerprint density at radius 3 is 2.29 bits per heavy atom. The van der Waals surface area contributed by atoms with Gasteiger partial charge in [0.1, 0.15) is 5.82 Å². The van der Waals surface area contributed by atoms with Crippen LogP contribution in [-0.2, 0) is 4.74 Å². The fraction of sp³-hybridized carbons (Fsp3) is 0.267. The van der Waals surface area contributed by atoms with E-state index in [9.17, 15) is 14.0 Å². The predicted molar refractivity (Wildman–Crippen MR) is 149 cm³/mol. The Kier molecular flexibility index (Phi) is 6.55. The number of aromatic nitrogens is 2. The van der Waals surface area contributed by atoms with Gasteiger partial charge in [-0.2, -0.15) is 0 Å². The van der Waals surface area contributed by atoms with Crippen LogP contribution in [0.2, 0.25) is 0 Å². The number of anilines is 1. The molecule has 0 bridgehead atoms. The number of piperazine rings is 1. The molecule has 0 saturated carbocycles. The number of ether oxygens (including phenoxy) is 1. The van der Waals surface area contributed by atoms with Crippen LogP contribution in [0, 0.1) is 5.82 Å². The van der Waals surface area contributed by atoms with Gasteiger partial charge in [0.25, 0.3) is 5.56 Å². The van der Waals surface area contributed by atoms with Gasteiger partial charge >= 0.3 is 6.09 Å². The summed E-state index contributed by atoms with van der Waals surface area (Å²) in [6.07, 6.45) is 1.24. The molecular formula is C30H29FN4O3. The summed E-state index contributed by atoms with van der Waals surface area (Å²) in [5, 5.41) is 2.07. The number of fused-ring (bicyclic) bond motifs is 5. The lowest BCUT2D eigenvalue weighted by Gasteiger charge is -2.36. The molecule has 0 spiro atoms. The number of pyridine rings is 1. The third-order valence-corrected chi connectivity index (χ3v) is 7.38. The highest BCUT2D eigenvalue weighted by Crippen LogP contribution is 2.31. The molecule has 3 aromatic carbocycles. The lowest BCUT2D eigenvalue weighted by molar-refractivity contribution is 0.145. The van der Waals surface area contributed by atoms with Crippen molar-refractivity contribution in [1.29, 1.82) is 0 Å². The molecule has 1 saturated heterocycles. The van der Waals surface area contributed by atoms with Crippen LogP contribution in [0.4, 0.5) is 14.9 Å². The number of nitrogens with zero attached hydrogens (tertiary/aromatic N) is 3. The van der Waals surface area contributed by atoms with Crippen molar-refractivity contribution in [3.63, 3.8) is 0 Å². The predicted octanol–water partition coefficient (Wildman–Crippen LogP) is 5.36. The van der Waals surface area contributed by atoms with Crippen molar-refractivity contribution >= 4 is 44.5 Å². The largest absolute Gasteiger partial charge is 0.449 e. The summed E-state index contributed by atoms with van der Waals surface area (Å²) < 4.78 is 20.5. The van der Waals surface area contributed by atoms with Gasteiger partial charge in [-0.05, 0) is 55.8 Å². The second kappa shape index (κ2) is 10.3. The molecular weight excluding hydrogens is 483 g/mol. The monoisotopic (exact) mass is 512 g/mol. The van der Waals surface area contributed by atoms with Crippen LogP contribution in [0.15, 0.2) is 77.6 Å². The number of halogens is 1. The zero-order valence-electron chi connectivity index (χ0n) is 21.0. The number of para-hydroxylation sites is 1. The molecule has 0 atom stereocenters. The number of nitrogens with one attached hydrogen (secondary N) is 1. The average Bonchev–Trinajstić information content (AvgIpc) is 3.28. The number of aromatic amines is 1. The Labute approximate surface area is 219 Å². The Hall–Kier alpha value is -4.17. The van der Waals surface area contributed by atoms with E-state index in [0.717, 1.165) is 62.0 Å². The van der Waals surface area contributed by atoms with E-state index in [1.54, 1.807) is 10.6 Å². The summed E-state index contributed by atoms with van der Waals surface area (Å²) in [6, 6.07) is 21.5. The van der Waals surface area contributed by atoms with Gasteiger partial charge in [-0.25, -0.2) is 13.8 Å². The van der Waals surface area contributed by atoms with Crippen LogP contribution in [-0.4, -0.2) is 59.9 Å². The maximum Gasteiger partial charge on any atom is 0.419 e. The molecule has 3 heterocycles. The summed E-state index contributed by atoms with van der Waals surface area (Å²) in [5.74, 6) is -0.213. The lowest BCUT2D eigenvalue weighted by atomic mass is 10.1. The molecule has 7 nitrogen and oxygen atoms in total. The highest BCUT2D eigenvalue weighted by molar-refractivity contribution is 6.18. The number of benzene rings is 3. The van der Waals surface area contributed by atoms with E-state index in [4.69, 9.17) is 4.74 Å². The topological polar surface area (TPSA) is 70.6 Å². The zero-order valence-corrected chi connectivity index (χ0v) is 21.0. The van der Waals surface area contributed by atoms with Crippen LogP contribution in [0.25, 0.3) is 32.7 Å². The third-order valence-electron chi connectivity index (χ3n) is 7.38. The first-order valence-corrected chi connectivity index (χ1v) is 13.0. The van der Waals surface area contributed by atoms with Gasteiger partial charge in [0.05, 0.1) is 23.2 Å². The lowest BCUT2D eigenvalue weighted by Crippen LogP contribution is -2.46. The van der Waals surface area contributed by atoms with Crippen LogP contribution < -0.4 is 10.5 Å². The van der Waals surface area contributed by atoms with Crippen molar-refractivity contribution in [1.82, 2.24) is 14.5 Å². The molecule has 2 aromatic heterocycles. The highest BCUT2D eigenvalue weighted by atomic mass is 19.1. The van der Waals surface area contributed by atoms with Gasteiger partial charge in [0.2, 0.25) is 0 Å². The van der Waals surface area contributed by atoms with Crippen molar-refractivity contribution in [3.05, 3.63) is 89.0 Å². The van der Waals surface area contributed by atoms with Gasteiger partial charge in [0, 0.05) is 48.0 Å². The first-order chi connectivity index (χ1) is 18.6. The standard InChI is InChI=1S/C30H29FN4O3/c31-21-11-13-22(14-12-21)34-18-16-33(17-19-34)15-5-6-20-38-30(37)35-26-10-4-3-9-25(26)27-28(35)23-7-1-2-8-24(23)29(36)32-27/h1-4,7-14H,5-6,15-20H2,(H,32,36). The Balaban J connectivity index is 1.09. The smallest absolute Gasteiger partial charge is 0.419 e. The number of hydrogen-bond donors (Lipinski definition) is 1. The maximum atomic E-state index is 13.3. The summed E-state index contributed by atoms with van der Waals surface area (Å²) in [7, 11) is 0. The molecule has 38 heavy (non-hydrogen) atoms. The van der Waals surface area contributed by atoms with E-state index in [-0.39, 0.29) is 11.4 Å². The third kappa shape index (κ3) is 4.52. The number of H-pyrrole nitrogens is 1. The molecule has 0 aliphatic carbocycles. The minimum atomic E-state index is -0.443. The normalized spacial score (nSPS) is 14.5. The molecule has 1 N–H and O–H groups in total. The molecule has 5 aromatic rings. The summed E-state index contributed by atoms with van der Waals surface area (Å²) >= 11 is 0. The Bertz CT molecular complexity index is 1670. The van der Waals surface area contributed by atoms with Crippen molar-refractivity contribution in [2.24, 2.45) is 0 Å². The molecule has 1 aliphatic heterocycles. The number of carbonyl (C=O) groups is 1. The Morgan fingerprint density at radius 2 is 1.53 bits per heavy atom. The molecule has 0 amide bonds. The van der Waals surface area contributed by atoms with Gasteiger partial charge in [-0.15, -0.1) is 0 Å². The number of carbonyl (C=O) groups excluding carboxylic acids is 1. The van der Waals surface area contributed by atoms with Crippen LogP contribution >= 0.6 is 0 Å². The minimum absolute atomic E-state index is 0.178. The zero-order chi connectivity index (χ0) is 26.1. The number of unbranched alkanes of at least 4 members (excludes halogenated alkanes) is 1. The number of hydrogen-bond acceptors (Lipinski definition) is 5. The average molecular weight is 513 g/mol. The molecule has 1 fully saturated rings. The highest BCUT2D eigenvalue weighted by Gasteiger charge is 2.21. The van der Waals surface area contributed by atoms with Crippen molar-refractivity contribution in [3.8, 4) is 0 Å². The fourth-order valence-electron chi connectivity index (χ4n) is 5.42. The second-order valence-electron chi connectivity index (χ2n) is 9.70. The minimum Gasteiger partial charge on any atom is -0.449 e. The van der Waals surface area contributed by atoms with Gasteiger partial charge in [0.15, 0.2) is 0 Å². The fourth-order valence-corrected chi connectivity index (χ4v) is 5.42. The summed E-state index contributed by atoms with van der Waals surface area (Å²) in [6.45, 7) is 4.97. The van der Waals surface area contributed by atoms with E-state index < -0.39 is 6.09 Å². The van der Waals surface area contributed by atoms with Crippen molar-refractivity contribution < 1.29 is 13.9 Å². The summed E-state index contributed by atoms with van der Waals surface area (Å²) in [5.41, 5.74) is 2.88. The molecule has 0 radical (unpaired) electrons. The van der Waals surface area contributed by atoms with E-state index in [1.807, 2.05) is 54.6 Å². The molecule has 8 heteroatoms. The number of rotatable bonds is 6. The first-order valence-electron chi connectivity index (χ1n) is 13.0. The van der Waals surface area contributed by atoms with E-state index in [2.05, 4.69) is 14.8 Å². The van der Waals surface area contributed by atoms with Gasteiger partial charge in [-0.1, -0.05) is 36.4 Å². The molecule has 194 valence electrons. The van der Waals surface area contributed by atoms with Crippen LogP contribution in [0.1, 0.15) is 12.8 Å². The SMILES string of the molecule is O=C(OCCCCN1CCN(c2ccc(F)cc2)CC1)n1c2ccccc2c2[nH]c(=O)c3ccccc3c21. The van der Waals surface area contributed by atoms with E-state index in [0.29, 0.717) is 28.5 Å². The second-order valence-corrected chi connectivity index (χ2v) is 9.70. The van der Waals surface area contributed by atoms with Crippen molar-refractivity contribution in [2.75, 3.05) is 44.2 Å². The maximum absolute atomic E-state index is 13.3. The first kappa shape index (κ1) is 24.2. The van der Waals surface area contributed by atoms with E-state index in [1.165, 1.54) is 12.1 Å². The van der Waals surface area contributed by atoms with Gasteiger partial charge in [-0.3, -0.25) is 9.69 Å². The van der Waals surface area contributed by atoms with Gasteiger partial charge < -0.3 is 14.6 Å². The molecule has 6 rings (SSSR count).